The highest BCUT2D eigenvalue weighted by Gasteiger charge is 2.35. The SMILES string of the molecule is Cc1nn2c(S(=O)(=O)N3CCN(c4ccccc4Cl)CC3)c(C(C)C)nc2s1. The molecule has 4 rings (SSSR count). The van der Waals surface area contributed by atoms with Crippen LogP contribution in [-0.4, -0.2) is 53.5 Å². The van der Waals surface area contributed by atoms with Gasteiger partial charge in [-0.1, -0.05) is 48.9 Å². The Hall–Kier alpha value is -1.68. The van der Waals surface area contributed by atoms with Gasteiger partial charge in [-0.15, -0.1) is 0 Å². The first-order valence-electron chi connectivity index (χ1n) is 9.14. The minimum atomic E-state index is -3.71. The standard InChI is InChI=1S/C18H22ClN5O2S2/c1-12(2)16-17(24-18(20-16)27-13(3)21-24)28(25,26)23-10-8-22(9-11-23)15-7-5-4-6-14(15)19/h4-7,12H,8-11H2,1-3H3. The van der Waals surface area contributed by atoms with E-state index in [1.54, 1.807) is 0 Å². The predicted octanol–water partition coefficient (Wildman–Crippen LogP) is 3.39. The Labute approximate surface area is 173 Å². The van der Waals surface area contributed by atoms with Gasteiger partial charge in [-0.25, -0.2) is 13.4 Å². The number of rotatable bonds is 4. The zero-order valence-electron chi connectivity index (χ0n) is 16.0. The number of anilines is 1. The average molecular weight is 440 g/mol. The molecule has 1 fully saturated rings. The third-order valence-electron chi connectivity index (χ3n) is 4.85. The van der Waals surface area contributed by atoms with Gasteiger partial charge in [0.2, 0.25) is 4.96 Å². The van der Waals surface area contributed by atoms with Crippen LogP contribution in [0.15, 0.2) is 29.3 Å². The Morgan fingerprint density at radius 1 is 1.14 bits per heavy atom. The summed E-state index contributed by atoms with van der Waals surface area (Å²) in [6.07, 6.45) is 0. The highest BCUT2D eigenvalue weighted by Crippen LogP contribution is 2.31. The first-order chi connectivity index (χ1) is 13.3. The third kappa shape index (κ3) is 3.30. The smallest absolute Gasteiger partial charge is 0.262 e. The van der Waals surface area contributed by atoms with Crippen LogP contribution in [0.3, 0.4) is 0 Å². The molecule has 0 bridgehead atoms. The molecule has 0 atom stereocenters. The van der Waals surface area contributed by atoms with Crippen LogP contribution in [0.25, 0.3) is 4.96 Å². The summed E-state index contributed by atoms with van der Waals surface area (Å²) in [5, 5.41) is 6.06. The molecule has 3 heterocycles. The van der Waals surface area contributed by atoms with Crippen LogP contribution in [-0.2, 0) is 10.0 Å². The van der Waals surface area contributed by atoms with Gasteiger partial charge in [0, 0.05) is 26.2 Å². The van der Waals surface area contributed by atoms with Gasteiger partial charge in [-0.05, 0) is 25.0 Å². The molecule has 0 amide bonds. The van der Waals surface area contributed by atoms with E-state index in [2.05, 4.69) is 15.0 Å². The lowest BCUT2D eigenvalue weighted by atomic mass is 10.2. The van der Waals surface area contributed by atoms with Gasteiger partial charge in [0.05, 0.1) is 16.4 Å². The molecule has 1 aromatic carbocycles. The number of hydrogen-bond acceptors (Lipinski definition) is 6. The number of sulfonamides is 1. The molecule has 3 aromatic rings. The Morgan fingerprint density at radius 3 is 2.46 bits per heavy atom. The average Bonchev–Trinajstić information content (AvgIpc) is 3.18. The molecule has 1 saturated heterocycles. The first-order valence-corrected chi connectivity index (χ1v) is 11.8. The molecule has 0 aliphatic carbocycles. The molecule has 0 unspecified atom stereocenters. The fourth-order valence-corrected chi connectivity index (χ4v) is 6.30. The van der Waals surface area contributed by atoms with Crippen molar-refractivity contribution in [2.45, 2.75) is 31.7 Å². The second-order valence-corrected chi connectivity index (χ2v) is 10.5. The van der Waals surface area contributed by atoms with Crippen molar-refractivity contribution in [2.75, 3.05) is 31.1 Å². The Kier molecular flexibility index (Phi) is 5.11. The lowest BCUT2D eigenvalue weighted by Gasteiger charge is -2.35. The summed E-state index contributed by atoms with van der Waals surface area (Å²) >= 11 is 7.70. The van der Waals surface area contributed by atoms with Crippen molar-refractivity contribution in [3.05, 3.63) is 40.0 Å². The van der Waals surface area contributed by atoms with Crippen LogP contribution in [0.5, 0.6) is 0 Å². The molecule has 7 nitrogen and oxygen atoms in total. The van der Waals surface area contributed by atoms with Gasteiger partial charge in [0.25, 0.3) is 10.0 Å². The number of piperazine rings is 1. The van der Waals surface area contributed by atoms with E-state index < -0.39 is 10.0 Å². The van der Waals surface area contributed by atoms with Crippen molar-refractivity contribution in [2.24, 2.45) is 0 Å². The van der Waals surface area contributed by atoms with Crippen LogP contribution in [0.4, 0.5) is 5.69 Å². The van der Waals surface area contributed by atoms with Gasteiger partial charge in [0.1, 0.15) is 5.01 Å². The van der Waals surface area contributed by atoms with Crippen molar-refractivity contribution >= 4 is 43.6 Å². The number of aryl methyl sites for hydroxylation is 1. The topological polar surface area (TPSA) is 70.8 Å². The van der Waals surface area contributed by atoms with Gasteiger partial charge in [-0.2, -0.15) is 13.9 Å². The number of fused-ring (bicyclic) bond motifs is 1. The summed E-state index contributed by atoms with van der Waals surface area (Å²) in [6, 6.07) is 7.64. The third-order valence-corrected chi connectivity index (χ3v) is 7.91. The minimum Gasteiger partial charge on any atom is -0.368 e. The minimum absolute atomic E-state index is 0.0107. The molecule has 0 saturated carbocycles. The number of hydrogen-bond donors (Lipinski definition) is 0. The van der Waals surface area contributed by atoms with E-state index in [0.29, 0.717) is 41.9 Å². The van der Waals surface area contributed by atoms with E-state index in [-0.39, 0.29) is 10.9 Å². The molecular formula is C18H22ClN5O2S2. The summed E-state index contributed by atoms with van der Waals surface area (Å²) in [5.74, 6) is -0.0107. The van der Waals surface area contributed by atoms with E-state index in [9.17, 15) is 8.42 Å². The monoisotopic (exact) mass is 439 g/mol. The van der Waals surface area contributed by atoms with E-state index in [1.165, 1.54) is 20.2 Å². The van der Waals surface area contributed by atoms with Crippen LogP contribution < -0.4 is 4.90 Å². The summed E-state index contributed by atoms with van der Waals surface area (Å²) < 4.78 is 30.0. The highest BCUT2D eigenvalue weighted by atomic mass is 35.5. The van der Waals surface area contributed by atoms with E-state index in [4.69, 9.17) is 11.6 Å². The largest absolute Gasteiger partial charge is 0.368 e. The number of nitrogens with zero attached hydrogens (tertiary/aromatic N) is 5. The number of para-hydroxylation sites is 1. The number of halogens is 1. The van der Waals surface area contributed by atoms with Gasteiger partial charge >= 0.3 is 0 Å². The second-order valence-electron chi connectivity index (χ2n) is 7.11. The highest BCUT2D eigenvalue weighted by molar-refractivity contribution is 7.89. The molecule has 1 aliphatic heterocycles. The maximum Gasteiger partial charge on any atom is 0.262 e. The summed E-state index contributed by atoms with van der Waals surface area (Å²) in [4.78, 5) is 7.30. The summed E-state index contributed by atoms with van der Waals surface area (Å²) in [5.41, 5.74) is 1.51. The fraction of sp³-hybridized carbons (Fsp3) is 0.444. The van der Waals surface area contributed by atoms with Gasteiger partial charge in [0.15, 0.2) is 5.03 Å². The molecule has 28 heavy (non-hydrogen) atoms. The Bertz CT molecular complexity index is 1110. The molecule has 2 aromatic heterocycles. The molecule has 10 heteroatoms. The summed E-state index contributed by atoms with van der Waals surface area (Å²) in [7, 11) is -3.71. The van der Waals surface area contributed by atoms with Crippen LogP contribution in [0.1, 0.15) is 30.5 Å². The zero-order valence-corrected chi connectivity index (χ0v) is 18.4. The molecule has 0 N–H and O–H groups in total. The molecule has 150 valence electrons. The van der Waals surface area contributed by atoms with Crippen molar-refractivity contribution in [1.29, 1.82) is 0 Å². The lowest BCUT2D eigenvalue weighted by molar-refractivity contribution is 0.381. The molecule has 0 spiro atoms. The Balaban J connectivity index is 1.64. The quantitative estimate of drug-likeness (QED) is 0.623. The Morgan fingerprint density at radius 2 is 1.82 bits per heavy atom. The normalized spacial score (nSPS) is 16.4. The van der Waals surface area contributed by atoms with Crippen molar-refractivity contribution in [3.8, 4) is 0 Å². The van der Waals surface area contributed by atoms with Crippen LogP contribution >= 0.6 is 22.9 Å². The molecular weight excluding hydrogens is 418 g/mol. The fourth-order valence-electron chi connectivity index (χ4n) is 3.46. The van der Waals surface area contributed by atoms with E-state index in [0.717, 1.165) is 10.7 Å². The second kappa shape index (κ2) is 7.29. The maximum absolute atomic E-state index is 13.5. The van der Waals surface area contributed by atoms with Gasteiger partial charge in [-0.3, -0.25) is 0 Å². The molecule has 1 aliphatic rings. The van der Waals surface area contributed by atoms with Crippen molar-refractivity contribution < 1.29 is 8.42 Å². The predicted molar refractivity (Wildman–Crippen MR) is 112 cm³/mol. The van der Waals surface area contributed by atoms with E-state index in [1.807, 2.05) is 45.0 Å². The van der Waals surface area contributed by atoms with Gasteiger partial charge < -0.3 is 4.90 Å². The van der Waals surface area contributed by atoms with Crippen LogP contribution in [0.2, 0.25) is 5.02 Å². The zero-order chi connectivity index (χ0) is 20.1. The summed E-state index contributed by atoms with van der Waals surface area (Å²) in [6.45, 7) is 7.70. The number of imidazole rings is 1. The first kappa shape index (κ1) is 19.6. The van der Waals surface area contributed by atoms with E-state index >= 15 is 0 Å². The van der Waals surface area contributed by atoms with Crippen molar-refractivity contribution in [3.63, 3.8) is 0 Å². The maximum atomic E-state index is 13.5. The lowest BCUT2D eigenvalue weighted by Crippen LogP contribution is -2.49. The van der Waals surface area contributed by atoms with Crippen molar-refractivity contribution in [1.82, 2.24) is 18.9 Å². The molecule has 0 radical (unpaired) electrons. The van der Waals surface area contributed by atoms with Crippen LogP contribution in [0, 0.1) is 6.92 Å². The number of benzene rings is 1. The number of aromatic nitrogens is 3.